The molecule has 2 amide bonds. The van der Waals surface area contributed by atoms with Crippen LogP contribution in [0.5, 0.6) is 0 Å². The Hall–Kier alpha value is -1.59. The lowest BCUT2D eigenvalue weighted by molar-refractivity contribution is -0.124. The predicted molar refractivity (Wildman–Crippen MR) is 91.6 cm³/mol. The molecule has 1 aromatic carbocycles. The fourth-order valence-corrected chi connectivity index (χ4v) is 2.32. The molecule has 5 nitrogen and oxygen atoms in total. The van der Waals surface area contributed by atoms with E-state index in [2.05, 4.69) is 10.6 Å². The van der Waals surface area contributed by atoms with Crippen LogP contribution >= 0.6 is 11.6 Å². The van der Waals surface area contributed by atoms with Crippen molar-refractivity contribution in [2.75, 3.05) is 13.7 Å². The number of carbonyl (C=O) groups excluding carboxylic acids is 2. The van der Waals surface area contributed by atoms with Gasteiger partial charge in [-0.05, 0) is 31.4 Å². The minimum Gasteiger partial charge on any atom is -0.385 e. The molecule has 0 heterocycles. The standard InChI is InChI=1S/C17H25ClN2O3/c1-11(2)15(17(22)19-12(3)9-10-23-4)20-16(21)13-7-5-6-8-14(13)18/h5-8,11-12,15H,9-10H2,1-4H3,(H,19,22)(H,20,21)/t12-,15-/m1/s1. The van der Waals surface area contributed by atoms with Crippen molar-refractivity contribution in [2.24, 2.45) is 5.92 Å². The van der Waals surface area contributed by atoms with Gasteiger partial charge in [-0.1, -0.05) is 37.6 Å². The second kappa shape index (κ2) is 9.53. The van der Waals surface area contributed by atoms with Crippen LogP contribution < -0.4 is 10.6 Å². The van der Waals surface area contributed by atoms with Gasteiger partial charge < -0.3 is 15.4 Å². The van der Waals surface area contributed by atoms with E-state index in [0.29, 0.717) is 23.6 Å². The summed E-state index contributed by atoms with van der Waals surface area (Å²) in [4.78, 5) is 24.8. The van der Waals surface area contributed by atoms with E-state index in [1.54, 1.807) is 31.4 Å². The lowest BCUT2D eigenvalue weighted by Gasteiger charge is -2.24. The van der Waals surface area contributed by atoms with E-state index >= 15 is 0 Å². The summed E-state index contributed by atoms with van der Waals surface area (Å²) in [6.45, 7) is 6.25. The number of halogens is 1. The van der Waals surface area contributed by atoms with Gasteiger partial charge in [-0.3, -0.25) is 9.59 Å². The highest BCUT2D eigenvalue weighted by Gasteiger charge is 2.26. The molecule has 0 fully saturated rings. The topological polar surface area (TPSA) is 67.4 Å². The average Bonchev–Trinajstić information content (AvgIpc) is 2.50. The fraction of sp³-hybridized carbons (Fsp3) is 0.529. The smallest absolute Gasteiger partial charge is 0.253 e. The first kappa shape index (κ1) is 19.5. The van der Waals surface area contributed by atoms with Crippen LogP contribution in [0.1, 0.15) is 37.6 Å². The molecule has 0 aliphatic carbocycles. The summed E-state index contributed by atoms with van der Waals surface area (Å²) in [5.74, 6) is -0.603. The van der Waals surface area contributed by atoms with Gasteiger partial charge in [0.05, 0.1) is 10.6 Å². The molecule has 2 atom stereocenters. The largest absolute Gasteiger partial charge is 0.385 e. The zero-order valence-electron chi connectivity index (χ0n) is 14.1. The first-order chi connectivity index (χ1) is 10.9. The Kier molecular flexibility index (Phi) is 8.06. The number of benzene rings is 1. The minimum atomic E-state index is -0.622. The summed E-state index contributed by atoms with van der Waals surface area (Å²) < 4.78 is 5.00. The SMILES string of the molecule is COCC[C@@H](C)NC(=O)[C@H](NC(=O)c1ccccc1Cl)C(C)C. The second-order valence-corrected chi connectivity index (χ2v) is 6.27. The van der Waals surface area contributed by atoms with Gasteiger partial charge in [0.15, 0.2) is 0 Å². The van der Waals surface area contributed by atoms with E-state index < -0.39 is 6.04 Å². The van der Waals surface area contributed by atoms with Crippen LogP contribution in [0.2, 0.25) is 5.02 Å². The Morgan fingerprint density at radius 3 is 2.39 bits per heavy atom. The Morgan fingerprint density at radius 2 is 1.83 bits per heavy atom. The van der Waals surface area contributed by atoms with Crippen LogP contribution in [0.15, 0.2) is 24.3 Å². The van der Waals surface area contributed by atoms with Gasteiger partial charge in [-0.2, -0.15) is 0 Å². The number of hydrogen-bond donors (Lipinski definition) is 2. The Morgan fingerprint density at radius 1 is 1.17 bits per heavy atom. The van der Waals surface area contributed by atoms with E-state index in [1.807, 2.05) is 20.8 Å². The number of methoxy groups -OCH3 is 1. The summed E-state index contributed by atoms with van der Waals surface area (Å²) in [7, 11) is 1.62. The Bertz CT molecular complexity index is 534. The molecule has 128 valence electrons. The number of ether oxygens (including phenoxy) is 1. The Labute approximate surface area is 142 Å². The van der Waals surface area contributed by atoms with Crippen molar-refractivity contribution in [1.82, 2.24) is 10.6 Å². The first-order valence-electron chi connectivity index (χ1n) is 7.71. The normalized spacial score (nSPS) is 13.5. The molecule has 1 rings (SSSR count). The molecular weight excluding hydrogens is 316 g/mol. The van der Waals surface area contributed by atoms with Gasteiger partial charge in [0.1, 0.15) is 6.04 Å². The van der Waals surface area contributed by atoms with Gasteiger partial charge in [-0.15, -0.1) is 0 Å². The highest BCUT2D eigenvalue weighted by molar-refractivity contribution is 6.33. The number of amides is 2. The van der Waals surface area contributed by atoms with Crippen LogP contribution in [-0.2, 0) is 9.53 Å². The summed E-state index contributed by atoms with van der Waals surface area (Å²) in [6.07, 6.45) is 0.714. The van der Waals surface area contributed by atoms with Gasteiger partial charge in [0, 0.05) is 19.8 Å². The van der Waals surface area contributed by atoms with Gasteiger partial charge in [0.25, 0.3) is 5.91 Å². The average molecular weight is 341 g/mol. The van der Waals surface area contributed by atoms with Crippen molar-refractivity contribution in [1.29, 1.82) is 0 Å². The maximum atomic E-state index is 12.4. The summed E-state index contributed by atoms with van der Waals surface area (Å²) >= 11 is 6.03. The molecule has 0 aliphatic rings. The molecule has 0 spiro atoms. The predicted octanol–water partition coefficient (Wildman–Crippen LogP) is 2.64. The first-order valence-corrected chi connectivity index (χ1v) is 8.09. The van der Waals surface area contributed by atoms with Crippen molar-refractivity contribution in [3.8, 4) is 0 Å². The third-order valence-electron chi connectivity index (χ3n) is 3.50. The molecule has 0 saturated heterocycles. The highest BCUT2D eigenvalue weighted by Crippen LogP contribution is 2.15. The van der Waals surface area contributed by atoms with E-state index in [0.717, 1.165) is 0 Å². The molecule has 0 aromatic heterocycles. The van der Waals surface area contributed by atoms with Crippen LogP contribution in [0.25, 0.3) is 0 Å². The van der Waals surface area contributed by atoms with Crippen LogP contribution in [0, 0.1) is 5.92 Å². The molecular formula is C17H25ClN2O3. The van der Waals surface area contributed by atoms with E-state index in [1.165, 1.54) is 0 Å². The van der Waals surface area contributed by atoms with Gasteiger partial charge >= 0.3 is 0 Å². The van der Waals surface area contributed by atoms with Crippen molar-refractivity contribution in [3.05, 3.63) is 34.9 Å². The van der Waals surface area contributed by atoms with Gasteiger partial charge in [0.2, 0.25) is 5.91 Å². The quantitative estimate of drug-likeness (QED) is 0.764. The summed E-state index contributed by atoms with van der Waals surface area (Å²) in [5, 5.41) is 6.03. The van der Waals surface area contributed by atoms with Crippen molar-refractivity contribution >= 4 is 23.4 Å². The third kappa shape index (κ3) is 6.20. The van der Waals surface area contributed by atoms with Crippen molar-refractivity contribution in [2.45, 2.75) is 39.3 Å². The number of rotatable bonds is 8. The monoisotopic (exact) mass is 340 g/mol. The number of nitrogens with one attached hydrogen (secondary N) is 2. The summed E-state index contributed by atoms with van der Waals surface area (Å²) in [6, 6.07) is 6.12. The maximum Gasteiger partial charge on any atom is 0.253 e. The molecule has 0 radical (unpaired) electrons. The lowest BCUT2D eigenvalue weighted by Crippen LogP contribution is -2.51. The molecule has 0 bridgehead atoms. The van der Waals surface area contributed by atoms with Crippen molar-refractivity contribution < 1.29 is 14.3 Å². The van der Waals surface area contributed by atoms with Crippen LogP contribution in [0.3, 0.4) is 0 Å². The van der Waals surface area contributed by atoms with E-state index in [4.69, 9.17) is 16.3 Å². The van der Waals surface area contributed by atoms with Crippen LogP contribution in [-0.4, -0.2) is 37.6 Å². The van der Waals surface area contributed by atoms with Crippen LogP contribution in [0.4, 0.5) is 0 Å². The molecule has 6 heteroatoms. The summed E-state index contributed by atoms with van der Waals surface area (Å²) in [5.41, 5.74) is 0.361. The highest BCUT2D eigenvalue weighted by atomic mass is 35.5. The van der Waals surface area contributed by atoms with E-state index in [9.17, 15) is 9.59 Å². The maximum absolute atomic E-state index is 12.4. The Balaban J connectivity index is 2.73. The molecule has 0 aliphatic heterocycles. The molecule has 0 unspecified atom stereocenters. The molecule has 23 heavy (non-hydrogen) atoms. The minimum absolute atomic E-state index is 0.0269. The zero-order chi connectivity index (χ0) is 17.4. The number of carbonyl (C=O) groups is 2. The second-order valence-electron chi connectivity index (χ2n) is 5.87. The third-order valence-corrected chi connectivity index (χ3v) is 3.83. The van der Waals surface area contributed by atoms with E-state index in [-0.39, 0.29) is 23.8 Å². The molecule has 1 aromatic rings. The van der Waals surface area contributed by atoms with Crippen molar-refractivity contribution in [3.63, 3.8) is 0 Å². The molecule has 2 N–H and O–H groups in total. The lowest BCUT2D eigenvalue weighted by atomic mass is 10.0. The zero-order valence-corrected chi connectivity index (χ0v) is 14.8. The number of hydrogen-bond acceptors (Lipinski definition) is 3. The van der Waals surface area contributed by atoms with Gasteiger partial charge in [-0.25, -0.2) is 0 Å². The molecule has 0 saturated carbocycles. The fourth-order valence-electron chi connectivity index (χ4n) is 2.10.